The summed E-state index contributed by atoms with van der Waals surface area (Å²) in [6.45, 7) is 3.70. The zero-order valence-electron chi connectivity index (χ0n) is 9.90. The van der Waals surface area contributed by atoms with Crippen molar-refractivity contribution in [1.82, 2.24) is 5.32 Å². The van der Waals surface area contributed by atoms with E-state index in [1.165, 1.54) is 0 Å². The van der Waals surface area contributed by atoms with E-state index in [4.69, 9.17) is 11.5 Å². The van der Waals surface area contributed by atoms with Gasteiger partial charge in [0.2, 0.25) is 11.8 Å². The summed E-state index contributed by atoms with van der Waals surface area (Å²) in [5.74, 6) is -0.346. The van der Waals surface area contributed by atoms with Crippen LogP contribution in [0.4, 0.5) is 0 Å². The Kier molecular flexibility index (Phi) is 4.29. The van der Waals surface area contributed by atoms with Crippen molar-refractivity contribution in [3.8, 4) is 0 Å². The third-order valence-corrected chi connectivity index (χ3v) is 3.29. The molecule has 2 amide bonds. The molecule has 0 aromatic heterocycles. The zero-order valence-corrected chi connectivity index (χ0v) is 9.90. The van der Waals surface area contributed by atoms with E-state index in [1.807, 2.05) is 0 Å². The highest BCUT2D eigenvalue weighted by Gasteiger charge is 2.32. The van der Waals surface area contributed by atoms with E-state index in [-0.39, 0.29) is 17.9 Å². The smallest absolute Gasteiger partial charge is 0.239 e. The molecule has 16 heavy (non-hydrogen) atoms. The van der Waals surface area contributed by atoms with Crippen LogP contribution in [0, 0.1) is 11.8 Å². The minimum absolute atomic E-state index is 0.101. The fourth-order valence-electron chi connectivity index (χ4n) is 2.10. The molecule has 92 valence electrons. The molecule has 5 nitrogen and oxygen atoms in total. The third kappa shape index (κ3) is 3.20. The van der Waals surface area contributed by atoms with Gasteiger partial charge in [0.1, 0.15) is 6.04 Å². The summed E-state index contributed by atoms with van der Waals surface area (Å²) in [7, 11) is 0. The van der Waals surface area contributed by atoms with Gasteiger partial charge < -0.3 is 16.8 Å². The molecule has 4 unspecified atom stereocenters. The summed E-state index contributed by atoms with van der Waals surface area (Å²) < 4.78 is 0. The maximum Gasteiger partial charge on any atom is 0.239 e. The zero-order chi connectivity index (χ0) is 12.3. The number of primary amides is 1. The Morgan fingerprint density at radius 1 is 1.38 bits per heavy atom. The van der Waals surface area contributed by atoms with Crippen LogP contribution in [0.3, 0.4) is 0 Å². The summed E-state index contributed by atoms with van der Waals surface area (Å²) in [5.41, 5.74) is 11.0. The summed E-state index contributed by atoms with van der Waals surface area (Å²) in [5, 5.41) is 2.61. The van der Waals surface area contributed by atoms with Crippen molar-refractivity contribution in [3.63, 3.8) is 0 Å². The van der Waals surface area contributed by atoms with E-state index in [9.17, 15) is 9.59 Å². The Morgan fingerprint density at radius 2 is 2.00 bits per heavy atom. The number of amides is 2. The second kappa shape index (κ2) is 5.30. The molecule has 0 aromatic rings. The first-order valence-corrected chi connectivity index (χ1v) is 5.77. The van der Waals surface area contributed by atoms with Crippen LogP contribution in [0.1, 0.15) is 33.1 Å². The Morgan fingerprint density at radius 3 is 2.56 bits per heavy atom. The Labute approximate surface area is 95.9 Å². The van der Waals surface area contributed by atoms with Crippen molar-refractivity contribution < 1.29 is 9.59 Å². The van der Waals surface area contributed by atoms with Gasteiger partial charge in [-0.25, -0.2) is 0 Å². The molecule has 0 aromatic carbocycles. The van der Waals surface area contributed by atoms with Crippen molar-refractivity contribution in [3.05, 3.63) is 0 Å². The topological polar surface area (TPSA) is 98.2 Å². The van der Waals surface area contributed by atoms with Gasteiger partial charge in [0.05, 0.1) is 5.92 Å². The largest absolute Gasteiger partial charge is 0.368 e. The van der Waals surface area contributed by atoms with Crippen LogP contribution in [0.15, 0.2) is 0 Å². The molecule has 0 spiro atoms. The molecule has 5 heteroatoms. The predicted molar refractivity (Wildman–Crippen MR) is 61.3 cm³/mol. The second-order valence-corrected chi connectivity index (χ2v) is 4.82. The molecule has 0 saturated heterocycles. The van der Waals surface area contributed by atoms with Gasteiger partial charge >= 0.3 is 0 Å². The quantitative estimate of drug-likeness (QED) is 0.619. The maximum atomic E-state index is 11.9. The van der Waals surface area contributed by atoms with E-state index < -0.39 is 11.9 Å². The van der Waals surface area contributed by atoms with Crippen molar-refractivity contribution >= 4 is 11.8 Å². The predicted octanol–water partition coefficient (Wildman–Crippen LogP) is -0.260. The Balaban J connectivity index is 2.55. The normalized spacial score (nSPS) is 31.8. The van der Waals surface area contributed by atoms with Crippen LogP contribution in [0.25, 0.3) is 0 Å². The van der Waals surface area contributed by atoms with E-state index in [2.05, 4.69) is 12.2 Å². The standard InChI is InChI=1S/C11H21N3O2/c1-6-3-4-9(12)8(5-6)11(16)14-7(2)10(13)15/h6-9H,3-5,12H2,1-2H3,(H2,13,15)(H,14,16). The molecule has 0 bridgehead atoms. The number of hydrogen-bond acceptors (Lipinski definition) is 3. The number of nitrogens with one attached hydrogen (secondary N) is 1. The number of hydrogen-bond donors (Lipinski definition) is 3. The highest BCUT2D eigenvalue weighted by Crippen LogP contribution is 2.28. The molecule has 0 radical (unpaired) electrons. The molecule has 1 fully saturated rings. The first-order valence-electron chi connectivity index (χ1n) is 5.77. The van der Waals surface area contributed by atoms with Crippen molar-refractivity contribution in [2.75, 3.05) is 0 Å². The molecule has 1 aliphatic carbocycles. The van der Waals surface area contributed by atoms with Gasteiger partial charge in [-0.2, -0.15) is 0 Å². The van der Waals surface area contributed by atoms with Crippen molar-refractivity contribution in [1.29, 1.82) is 0 Å². The molecular formula is C11H21N3O2. The van der Waals surface area contributed by atoms with Gasteiger partial charge in [0.15, 0.2) is 0 Å². The number of carbonyl (C=O) groups is 2. The molecule has 1 saturated carbocycles. The number of carbonyl (C=O) groups excluding carboxylic acids is 2. The lowest BCUT2D eigenvalue weighted by Crippen LogP contribution is -2.50. The average molecular weight is 227 g/mol. The van der Waals surface area contributed by atoms with Gasteiger partial charge in [-0.05, 0) is 32.1 Å². The fourth-order valence-corrected chi connectivity index (χ4v) is 2.10. The summed E-state index contributed by atoms with van der Waals surface area (Å²) in [6.07, 6.45) is 2.72. The molecular weight excluding hydrogens is 206 g/mol. The van der Waals surface area contributed by atoms with Crippen LogP contribution < -0.4 is 16.8 Å². The Bertz CT molecular complexity index is 280. The maximum absolute atomic E-state index is 11.9. The third-order valence-electron chi connectivity index (χ3n) is 3.29. The van der Waals surface area contributed by atoms with Crippen LogP contribution >= 0.6 is 0 Å². The van der Waals surface area contributed by atoms with Crippen LogP contribution in [-0.2, 0) is 9.59 Å². The van der Waals surface area contributed by atoms with Gasteiger partial charge in [0.25, 0.3) is 0 Å². The van der Waals surface area contributed by atoms with Gasteiger partial charge in [-0.15, -0.1) is 0 Å². The highest BCUT2D eigenvalue weighted by atomic mass is 16.2. The molecule has 4 atom stereocenters. The van der Waals surface area contributed by atoms with E-state index >= 15 is 0 Å². The monoisotopic (exact) mass is 227 g/mol. The molecule has 0 aliphatic heterocycles. The van der Waals surface area contributed by atoms with E-state index in [1.54, 1.807) is 6.92 Å². The summed E-state index contributed by atoms with van der Waals surface area (Å²) in [6, 6.07) is -0.729. The second-order valence-electron chi connectivity index (χ2n) is 4.82. The van der Waals surface area contributed by atoms with E-state index in [0.29, 0.717) is 5.92 Å². The first kappa shape index (κ1) is 13.0. The van der Waals surface area contributed by atoms with Crippen LogP contribution in [0.5, 0.6) is 0 Å². The highest BCUT2D eigenvalue weighted by molar-refractivity contribution is 5.87. The minimum Gasteiger partial charge on any atom is -0.368 e. The van der Waals surface area contributed by atoms with Crippen molar-refractivity contribution in [2.24, 2.45) is 23.3 Å². The average Bonchev–Trinajstić information content (AvgIpc) is 2.21. The summed E-state index contributed by atoms with van der Waals surface area (Å²) >= 11 is 0. The molecule has 1 aliphatic rings. The minimum atomic E-state index is -0.628. The Hall–Kier alpha value is -1.10. The lowest BCUT2D eigenvalue weighted by atomic mass is 9.78. The number of nitrogens with two attached hydrogens (primary N) is 2. The van der Waals surface area contributed by atoms with Crippen molar-refractivity contribution in [2.45, 2.75) is 45.2 Å². The lowest BCUT2D eigenvalue weighted by Gasteiger charge is -2.31. The summed E-state index contributed by atoms with van der Waals surface area (Å²) in [4.78, 5) is 22.7. The SMILES string of the molecule is CC1CCC(N)C(C(=O)NC(C)C(N)=O)C1. The van der Waals surface area contributed by atoms with Gasteiger partial charge in [-0.1, -0.05) is 6.92 Å². The number of rotatable bonds is 3. The van der Waals surface area contributed by atoms with Crippen LogP contribution in [-0.4, -0.2) is 23.9 Å². The van der Waals surface area contributed by atoms with Gasteiger partial charge in [0, 0.05) is 6.04 Å². The first-order chi connectivity index (χ1) is 7.41. The lowest BCUT2D eigenvalue weighted by molar-refractivity contribution is -0.131. The molecule has 5 N–H and O–H groups in total. The molecule has 1 rings (SSSR count). The van der Waals surface area contributed by atoms with Crippen LogP contribution in [0.2, 0.25) is 0 Å². The molecule has 0 heterocycles. The fraction of sp³-hybridized carbons (Fsp3) is 0.818. The van der Waals surface area contributed by atoms with E-state index in [0.717, 1.165) is 19.3 Å². The van der Waals surface area contributed by atoms with Gasteiger partial charge in [-0.3, -0.25) is 9.59 Å².